The van der Waals surface area contributed by atoms with Gasteiger partial charge in [-0.2, -0.15) is 5.10 Å². The Morgan fingerprint density at radius 1 is 1.31 bits per heavy atom. The van der Waals surface area contributed by atoms with Crippen molar-refractivity contribution in [3.63, 3.8) is 0 Å². The smallest absolute Gasteiger partial charge is 0.235 e. The van der Waals surface area contributed by atoms with Crippen molar-refractivity contribution in [2.45, 2.75) is 5.25 Å². The Labute approximate surface area is 157 Å². The van der Waals surface area contributed by atoms with E-state index in [-0.39, 0.29) is 33.4 Å². The molecule has 26 heavy (non-hydrogen) atoms. The van der Waals surface area contributed by atoms with E-state index in [9.17, 15) is 14.3 Å². The highest BCUT2D eigenvalue weighted by Crippen LogP contribution is 2.43. The number of fused-ring (bicyclic) bond motifs is 1. The summed E-state index contributed by atoms with van der Waals surface area (Å²) >= 11 is 7.46. The van der Waals surface area contributed by atoms with E-state index in [1.54, 1.807) is 36.5 Å². The maximum absolute atomic E-state index is 14.2. The molecule has 1 unspecified atom stereocenters. The summed E-state index contributed by atoms with van der Waals surface area (Å²) in [5, 5.41) is 16.8. The van der Waals surface area contributed by atoms with Crippen LogP contribution in [0, 0.1) is 5.82 Å². The van der Waals surface area contributed by atoms with Gasteiger partial charge >= 0.3 is 0 Å². The highest BCUT2D eigenvalue weighted by Gasteiger charge is 2.29. The molecule has 1 amide bonds. The first-order valence-corrected chi connectivity index (χ1v) is 9.20. The molecule has 0 fully saturated rings. The summed E-state index contributed by atoms with van der Waals surface area (Å²) in [6.07, 6.45) is 1.62. The fourth-order valence-electron chi connectivity index (χ4n) is 2.86. The van der Waals surface area contributed by atoms with Gasteiger partial charge in [-0.1, -0.05) is 29.8 Å². The molecule has 2 heterocycles. The number of benzene rings is 2. The maximum atomic E-state index is 14.2. The lowest BCUT2D eigenvalue weighted by Gasteiger charge is -2.15. The zero-order valence-corrected chi connectivity index (χ0v) is 14.9. The molecule has 0 bridgehead atoms. The largest absolute Gasteiger partial charge is 0.506 e. The Balaban J connectivity index is 1.86. The first-order valence-electron chi connectivity index (χ1n) is 7.77. The molecule has 8 heteroatoms. The van der Waals surface area contributed by atoms with E-state index in [0.29, 0.717) is 5.82 Å². The standard InChI is InChI=1S/C18H13ClFN3O2S/c19-12-7-10(5-6-15(12)24)17-11-8-21-23(14-4-2-1-3-13(14)20)18(11)22-16(25)9-26-17/h1-8,17,24H,9H2,(H,22,25). The number of hydrogen-bond acceptors (Lipinski definition) is 4. The molecule has 0 saturated carbocycles. The average molecular weight is 390 g/mol. The van der Waals surface area contributed by atoms with Crippen LogP contribution in [-0.2, 0) is 4.79 Å². The molecule has 0 saturated heterocycles. The second-order valence-electron chi connectivity index (χ2n) is 5.76. The molecule has 132 valence electrons. The lowest BCUT2D eigenvalue weighted by molar-refractivity contribution is -0.113. The maximum Gasteiger partial charge on any atom is 0.235 e. The monoisotopic (exact) mass is 389 g/mol. The van der Waals surface area contributed by atoms with Crippen molar-refractivity contribution < 1.29 is 14.3 Å². The molecule has 0 spiro atoms. The van der Waals surface area contributed by atoms with E-state index in [4.69, 9.17) is 11.6 Å². The number of para-hydroxylation sites is 1. The molecule has 0 radical (unpaired) electrons. The van der Waals surface area contributed by atoms with Gasteiger partial charge < -0.3 is 10.4 Å². The lowest BCUT2D eigenvalue weighted by atomic mass is 10.1. The van der Waals surface area contributed by atoms with Crippen LogP contribution < -0.4 is 5.32 Å². The number of aromatic nitrogens is 2. The van der Waals surface area contributed by atoms with E-state index in [1.807, 2.05) is 0 Å². The topological polar surface area (TPSA) is 67.1 Å². The number of phenolic OH excluding ortho intramolecular Hbond substituents is 1. The molecule has 3 aromatic rings. The molecule has 5 nitrogen and oxygen atoms in total. The van der Waals surface area contributed by atoms with Gasteiger partial charge in [0.25, 0.3) is 0 Å². The molecular weight excluding hydrogens is 377 g/mol. The van der Waals surface area contributed by atoms with Gasteiger partial charge in [0.05, 0.1) is 22.2 Å². The number of thioether (sulfide) groups is 1. The minimum Gasteiger partial charge on any atom is -0.506 e. The minimum absolute atomic E-state index is 0.00878. The summed E-state index contributed by atoms with van der Waals surface area (Å²) in [4.78, 5) is 12.2. The number of carbonyl (C=O) groups is 1. The van der Waals surface area contributed by atoms with Crippen LogP contribution in [-0.4, -0.2) is 26.5 Å². The van der Waals surface area contributed by atoms with Crippen LogP contribution in [0.15, 0.2) is 48.7 Å². The highest BCUT2D eigenvalue weighted by atomic mass is 35.5. The SMILES string of the molecule is O=C1CSC(c2ccc(O)c(Cl)c2)c2cnn(-c3ccccc3F)c2N1. The van der Waals surface area contributed by atoms with Gasteiger partial charge in [0, 0.05) is 5.56 Å². The first-order chi connectivity index (χ1) is 12.5. The van der Waals surface area contributed by atoms with Gasteiger partial charge in [-0.3, -0.25) is 4.79 Å². The van der Waals surface area contributed by atoms with Crippen molar-refractivity contribution in [1.29, 1.82) is 0 Å². The number of rotatable bonds is 2. The number of phenols is 1. The van der Waals surface area contributed by atoms with Crippen LogP contribution >= 0.6 is 23.4 Å². The third-order valence-corrected chi connectivity index (χ3v) is 5.67. The zero-order valence-electron chi connectivity index (χ0n) is 13.3. The van der Waals surface area contributed by atoms with Crippen LogP contribution in [0.3, 0.4) is 0 Å². The summed E-state index contributed by atoms with van der Waals surface area (Å²) in [6.45, 7) is 0. The predicted molar refractivity (Wildman–Crippen MR) is 99.6 cm³/mol. The highest BCUT2D eigenvalue weighted by molar-refractivity contribution is 8.00. The molecule has 1 aromatic heterocycles. The van der Waals surface area contributed by atoms with Crippen LogP contribution in [0.5, 0.6) is 5.75 Å². The predicted octanol–water partition coefficient (Wildman–Crippen LogP) is 4.15. The summed E-state index contributed by atoms with van der Waals surface area (Å²) in [6, 6.07) is 11.2. The third-order valence-electron chi connectivity index (χ3n) is 4.07. The van der Waals surface area contributed by atoms with E-state index in [0.717, 1.165) is 11.1 Å². The van der Waals surface area contributed by atoms with Gasteiger partial charge in [0.2, 0.25) is 5.91 Å². The van der Waals surface area contributed by atoms with Crippen molar-refractivity contribution >= 4 is 35.1 Å². The quantitative estimate of drug-likeness (QED) is 0.691. The van der Waals surface area contributed by atoms with Crippen LogP contribution in [0.1, 0.15) is 16.4 Å². The van der Waals surface area contributed by atoms with Crippen LogP contribution in [0.2, 0.25) is 5.02 Å². The normalized spacial score (nSPS) is 16.7. The lowest BCUT2D eigenvalue weighted by Crippen LogP contribution is -2.16. The number of halogens is 2. The molecule has 2 N–H and O–H groups in total. The molecule has 4 rings (SSSR count). The summed E-state index contributed by atoms with van der Waals surface area (Å²) < 4.78 is 15.6. The van der Waals surface area contributed by atoms with Crippen LogP contribution in [0.25, 0.3) is 5.69 Å². The fourth-order valence-corrected chi connectivity index (χ4v) is 4.13. The Morgan fingerprint density at radius 3 is 2.88 bits per heavy atom. The Kier molecular flexibility index (Phi) is 4.34. The average Bonchev–Trinajstić information content (AvgIpc) is 2.94. The number of aromatic hydroxyl groups is 1. The summed E-state index contributed by atoms with van der Waals surface area (Å²) in [5.41, 5.74) is 1.82. The van der Waals surface area contributed by atoms with Crippen molar-refractivity contribution in [3.8, 4) is 11.4 Å². The van der Waals surface area contributed by atoms with Crippen molar-refractivity contribution in [3.05, 3.63) is 70.6 Å². The van der Waals surface area contributed by atoms with Crippen molar-refractivity contribution in [2.24, 2.45) is 0 Å². The Bertz CT molecular complexity index is 1010. The van der Waals surface area contributed by atoms with E-state index in [1.165, 1.54) is 28.6 Å². The van der Waals surface area contributed by atoms with E-state index in [2.05, 4.69) is 10.4 Å². The van der Waals surface area contributed by atoms with Gasteiger partial charge in [-0.05, 0) is 29.8 Å². The Morgan fingerprint density at radius 2 is 2.12 bits per heavy atom. The summed E-state index contributed by atoms with van der Waals surface area (Å²) in [5.74, 6) is 0.0232. The van der Waals surface area contributed by atoms with Gasteiger partial charge in [-0.25, -0.2) is 9.07 Å². The van der Waals surface area contributed by atoms with Crippen molar-refractivity contribution in [1.82, 2.24) is 9.78 Å². The molecule has 1 aliphatic heterocycles. The second kappa shape index (κ2) is 6.66. The number of anilines is 1. The summed E-state index contributed by atoms with van der Waals surface area (Å²) in [7, 11) is 0. The first kappa shape index (κ1) is 16.9. The zero-order chi connectivity index (χ0) is 18.3. The molecule has 1 aliphatic rings. The number of hydrogen-bond donors (Lipinski definition) is 2. The minimum atomic E-state index is -0.436. The number of amides is 1. The third kappa shape index (κ3) is 2.93. The van der Waals surface area contributed by atoms with E-state index < -0.39 is 5.82 Å². The Hall–Kier alpha value is -2.51. The second-order valence-corrected chi connectivity index (χ2v) is 7.26. The number of carbonyl (C=O) groups excluding carboxylic acids is 1. The van der Waals surface area contributed by atoms with E-state index >= 15 is 0 Å². The molecule has 2 aromatic carbocycles. The molecular formula is C18H13ClFN3O2S. The fraction of sp³-hybridized carbons (Fsp3) is 0.111. The van der Waals surface area contributed by atoms with Crippen LogP contribution in [0.4, 0.5) is 10.2 Å². The molecule has 0 aliphatic carbocycles. The van der Waals surface area contributed by atoms with Gasteiger partial charge in [0.1, 0.15) is 23.1 Å². The van der Waals surface area contributed by atoms with Gasteiger partial charge in [0.15, 0.2) is 0 Å². The molecule has 1 atom stereocenters. The van der Waals surface area contributed by atoms with Crippen molar-refractivity contribution in [2.75, 3.05) is 11.1 Å². The number of nitrogens with one attached hydrogen (secondary N) is 1. The van der Waals surface area contributed by atoms with Gasteiger partial charge in [-0.15, -0.1) is 11.8 Å². The number of nitrogens with zero attached hydrogens (tertiary/aromatic N) is 2.